The van der Waals surface area contributed by atoms with Crippen LogP contribution >= 0.6 is 0 Å². The third kappa shape index (κ3) is 1.10. The smallest absolute Gasteiger partial charge is 0.159 e. The Hall–Kier alpha value is -1.02. The van der Waals surface area contributed by atoms with Gasteiger partial charge in [-0.25, -0.2) is 0 Å². The molecule has 0 amide bonds. The van der Waals surface area contributed by atoms with E-state index in [9.17, 15) is 0 Å². The summed E-state index contributed by atoms with van der Waals surface area (Å²) in [5.74, 6) is 0.928. The monoisotopic (exact) mass is 149 g/mol. The minimum atomic E-state index is -0.496. The zero-order chi connectivity index (χ0) is 7.90. The number of nitrogens with two attached hydrogens (primary N) is 1. The highest BCUT2D eigenvalue weighted by Gasteiger charge is 2.29. The van der Waals surface area contributed by atoms with Gasteiger partial charge >= 0.3 is 0 Å². The fourth-order valence-electron chi connectivity index (χ4n) is 1.41. The predicted molar refractivity (Wildman–Crippen MR) is 43.4 cm³/mol. The molecule has 0 spiro atoms. The van der Waals surface area contributed by atoms with E-state index < -0.39 is 5.72 Å². The first-order valence-electron chi connectivity index (χ1n) is 3.73. The fraction of sp³-hybridized carbons (Fsp3) is 0.333. The van der Waals surface area contributed by atoms with Gasteiger partial charge < -0.3 is 4.74 Å². The summed E-state index contributed by atoms with van der Waals surface area (Å²) in [5, 5.41) is 0. The van der Waals surface area contributed by atoms with Crippen molar-refractivity contribution in [1.29, 1.82) is 0 Å². The van der Waals surface area contributed by atoms with Crippen molar-refractivity contribution in [3.63, 3.8) is 0 Å². The molecule has 1 aromatic rings. The SMILES string of the molecule is CC1(N)Cc2ccccc2O1. The number of rotatable bonds is 0. The van der Waals surface area contributed by atoms with Crippen molar-refractivity contribution in [3.8, 4) is 5.75 Å². The lowest BCUT2D eigenvalue weighted by Crippen LogP contribution is -2.40. The molecule has 0 saturated carbocycles. The summed E-state index contributed by atoms with van der Waals surface area (Å²) >= 11 is 0. The van der Waals surface area contributed by atoms with E-state index in [4.69, 9.17) is 10.5 Å². The second kappa shape index (κ2) is 1.98. The molecule has 1 aliphatic heterocycles. The lowest BCUT2D eigenvalue weighted by atomic mass is 10.1. The minimum absolute atomic E-state index is 0.496. The molecule has 0 radical (unpaired) electrons. The van der Waals surface area contributed by atoms with Gasteiger partial charge in [0.05, 0.1) is 0 Å². The largest absolute Gasteiger partial charge is 0.473 e. The zero-order valence-corrected chi connectivity index (χ0v) is 6.50. The summed E-state index contributed by atoms with van der Waals surface area (Å²) in [6, 6.07) is 7.96. The average molecular weight is 149 g/mol. The quantitative estimate of drug-likeness (QED) is 0.603. The molecule has 2 rings (SSSR count). The van der Waals surface area contributed by atoms with Crippen LogP contribution < -0.4 is 10.5 Å². The van der Waals surface area contributed by atoms with Gasteiger partial charge in [0.1, 0.15) is 5.75 Å². The molecule has 0 aliphatic carbocycles. The Morgan fingerprint density at radius 2 is 2.18 bits per heavy atom. The molecule has 58 valence electrons. The van der Waals surface area contributed by atoms with Crippen LogP contribution in [-0.4, -0.2) is 5.72 Å². The topological polar surface area (TPSA) is 35.2 Å². The van der Waals surface area contributed by atoms with Gasteiger partial charge in [-0.2, -0.15) is 0 Å². The summed E-state index contributed by atoms with van der Waals surface area (Å²) in [6.45, 7) is 1.90. The van der Waals surface area contributed by atoms with Gasteiger partial charge in [0, 0.05) is 6.42 Å². The van der Waals surface area contributed by atoms with Crippen molar-refractivity contribution in [2.45, 2.75) is 19.1 Å². The standard InChI is InChI=1S/C9H11NO/c1-9(10)6-7-4-2-3-5-8(7)11-9/h2-5H,6,10H2,1H3. The van der Waals surface area contributed by atoms with E-state index in [0.717, 1.165) is 12.2 Å². The maximum atomic E-state index is 5.81. The van der Waals surface area contributed by atoms with Gasteiger partial charge in [0.2, 0.25) is 0 Å². The molecule has 2 N–H and O–H groups in total. The van der Waals surface area contributed by atoms with Gasteiger partial charge in [0.15, 0.2) is 5.72 Å². The Kier molecular flexibility index (Phi) is 1.20. The molecule has 0 saturated heterocycles. The van der Waals surface area contributed by atoms with E-state index >= 15 is 0 Å². The van der Waals surface area contributed by atoms with Crippen LogP contribution in [-0.2, 0) is 6.42 Å². The fourth-order valence-corrected chi connectivity index (χ4v) is 1.41. The van der Waals surface area contributed by atoms with Gasteiger partial charge in [-0.1, -0.05) is 18.2 Å². The summed E-state index contributed by atoms with van der Waals surface area (Å²) in [7, 11) is 0. The van der Waals surface area contributed by atoms with Crippen molar-refractivity contribution < 1.29 is 4.74 Å². The van der Waals surface area contributed by atoms with Crippen LogP contribution in [0.2, 0.25) is 0 Å². The van der Waals surface area contributed by atoms with E-state index in [-0.39, 0.29) is 0 Å². The van der Waals surface area contributed by atoms with Crippen molar-refractivity contribution in [1.82, 2.24) is 0 Å². The molecular formula is C9H11NO. The Morgan fingerprint density at radius 1 is 1.45 bits per heavy atom. The van der Waals surface area contributed by atoms with Crippen LogP contribution in [0.5, 0.6) is 5.75 Å². The Labute approximate surface area is 66.0 Å². The second-order valence-corrected chi connectivity index (χ2v) is 3.20. The van der Waals surface area contributed by atoms with Gasteiger partial charge in [0.25, 0.3) is 0 Å². The van der Waals surface area contributed by atoms with Gasteiger partial charge in [-0.15, -0.1) is 0 Å². The first-order chi connectivity index (χ1) is 5.17. The van der Waals surface area contributed by atoms with Crippen molar-refractivity contribution in [3.05, 3.63) is 29.8 Å². The highest BCUT2D eigenvalue weighted by Crippen LogP contribution is 2.31. The first-order valence-corrected chi connectivity index (χ1v) is 3.73. The van der Waals surface area contributed by atoms with Crippen LogP contribution in [0.15, 0.2) is 24.3 Å². The maximum absolute atomic E-state index is 5.81. The molecule has 2 heteroatoms. The number of fused-ring (bicyclic) bond motifs is 1. The Balaban J connectivity index is 2.41. The first kappa shape index (κ1) is 6.68. The van der Waals surface area contributed by atoms with Crippen LogP contribution in [0.25, 0.3) is 0 Å². The summed E-state index contributed by atoms with van der Waals surface area (Å²) < 4.78 is 5.47. The number of hydrogen-bond donors (Lipinski definition) is 1. The van der Waals surface area contributed by atoms with E-state index in [2.05, 4.69) is 0 Å². The van der Waals surface area contributed by atoms with Crippen LogP contribution in [0, 0.1) is 0 Å². The van der Waals surface area contributed by atoms with Crippen LogP contribution in [0.3, 0.4) is 0 Å². The third-order valence-electron chi connectivity index (χ3n) is 1.86. The van der Waals surface area contributed by atoms with E-state index in [0.29, 0.717) is 0 Å². The maximum Gasteiger partial charge on any atom is 0.159 e. The molecule has 1 atom stereocenters. The van der Waals surface area contributed by atoms with E-state index in [1.165, 1.54) is 5.56 Å². The molecule has 2 nitrogen and oxygen atoms in total. The lowest BCUT2D eigenvalue weighted by molar-refractivity contribution is 0.124. The molecule has 1 heterocycles. The summed E-state index contributed by atoms with van der Waals surface area (Å²) in [5.41, 5.74) is 6.52. The number of ether oxygens (including phenoxy) is 1. The zero-order valence-electron chi connectivity index (χ0n) is 6.50. The minimum Gasteiger partial charge on any atom is -0.473 e. The molecule has 0 bridgehead atoms. The number of para-hydroxylation sites is 1. The van der Waals surface area contributed by atoms with Gasteiger partial charge in [-0.3, -0.25) is 5.73 Å². The summed E-state index contributed by atoms with van der Waals surface area (Å²) in [4.78, 5) is 0. The third-order valence-corrected chi connectivity index (χ3v) is 1.86. The highest BCUT2D eigenvalue weighted by molar-refractivity contribution is 5.38. The van der Waals surface area contributed by atoms with Gasteiger partial charge in [-0.05, 0) is 18.6 Å². The predicted octanol–water partition coefficient (Wildman–Crippen LogP) is 1.30. The molecule has 1 aliphatic rings. The van der Waals surface area contributed by atoms with Crippen LogP contribution in [0.4, 0.5) is 0 Å². The van der Waals surface area contributed by atoms with E-state index in [1.54, 1.807) is 0 Å². The molecule has 11 heavy (non-hydrogen) atoms. The van der Waals surface area contributed by atoms with E-state index in [1.807, 2.05) is 31.2 Å². The number of benzene rings is 1. The molecule has 1 unspecified atom stereocenters. The number of hydrogen-bond acceptors (Lipinski definition) is 2. The molecule has 0 fully saturated rings. The van der Waals surface area contributed by atoms with Crippen LogP contribution in [0.1, 0.15) is 12.5 Å². The average Bonchev–Trinajstić information content (AvgIpc) is 2.21. The normalized spacial score (nSPS) is 27.8. The molecular weight excluding hydrogens is 138 g/mol. The Morgan fingerprint density at radius 3 is 2.91 bits per heavy atom. The Bertz CT molecular complexity index is 254. The highest BCUT2D eigenvalue weighted by atomic mass is 16.5. The van der Waals surface area contributed by atoms with Crippen molar-refractivity contribution in [2.75, 3.05) is 0 Å². The molecule has 0 aromatic heterocycles. The second-order valence-electron chi connectivity index (χ2n) is 3.20. The van der Waals surface area contributed by atoms with Crippen molar-refractivity contribution in [2.24, 2.45) is 5.73 Å². The summed E-state index contributed by atoms with van der Waals surface area (Å²) in [6.07, 6.45) is 0.809. The lowest BCUT2D eigenvalue weighted by Gasteiger charge is -2.16. The molecule has 1 aromatic carbocycles. The van der Waals surface area contributed by atoms with Crippen molar-refractivity contribution >= 4 is 0 Å².